The molecule has 0 aromatic heterocycles. The van der Waals surface area contributed by atoms with Crippen LogP contribution in [0.15, 0.2) is 53.6 Å². The van der Waals surface area contributed by atoms with Crippen molar-refractivity contribution in [1.29, 1.82) is 0 Å². The van der Waals surface area contributed by atoms with Crippen molar-refractivity contribution in [2.24, 2.45) is 5.10 Å². The Labute approximate surface area is 144 Å². The van der Waals surface area contributed by atoms with Gasteiger partial charge in [-0.2, -0.15) is 5.10 Å². The van der Waals surface area contributed by atoms with Gasteiger partial charge in [0.1, 0.15) is 11.8 Å². The smallest absolute Gasteiger partial charge is 0.270 e. The molecule has 0 aliphatic rings. The average Bonchev–Trinajstić information content (AvgIpc) is 2.62. The zero-order chi connectivity index (χ0) is 18.2. The van der Waals surface area contributed by atoms with E-state index in [-0.39, 0.29) is 11.6 Å². The molecule has 1 unspecified atom stereocenters. The number of benzene rings is 2. The highest BCUT2D eigenvalue weighted by atomic mass is 16.6. The molecule has 0 saturated carbocycles. The monoisotopic (exact) mass is 342 g/mol. The molecule has 1 amide bonds. The molecule has 130 valence electrons. The Morgan fingerprint density at radius 2 is 2.00 bits per heavy atom. The van der Waals surface area contributed by atoms with E-state index in [1.165, 1.54) is 18.3 Å². The minimum Gasteiger partial charge on any atom is -0.497 e. The number of hydrogen-bond donors (Lipinski definition) is 2. The van der Waals surface area contributed by atoms with Gasteiger partial charge in [0.2, 0.25) is 0 Å². The van der Waals surface area contributed by atoms with Gasteiger partial charge in [0.05, 0.1) is 18.2 Å². The maximum atomic E-state index is 12.0. The predicted molar refractivity (Wildman–Crippen MR) is 94.9 cm³/mol. The van der Waals surface area contributed by atoms with Crippen molar-refractivity contribution in [3.05, 3.63) is 64.2 Å². The number of hydrogen-bond acceptors (Lipinski definition) is 6. The number of nitrogens with zero attached hydrogens (tertiary/aromatic N) is 2. The standard InChI is InChI=1S/C17H18N4O4/c1-12(19-14-6-8-16(25-2)9-7-14)17(22)20-18-11-13-4-3-5-15(10-13)21(23)24/h3-12,19H,1-2H3,(H,20,22). The third-order valence-corrected chi connectivity index (χ3v) is 3.34. The lowest BCUT2D eigenvalue weighted by Gasteiger charge is -2.13. The third kappa shape index (κ3) is 5.31. The molecule has 2 N–H and O–H groups in total. The molecule has 2 aromatic carbocycles. The fraction of sp³-hybridized carbons (Fsp3) is 0.176. The fourth-order valence-electron chi connectivity index (χ4n) is 1.99. The van der Waals surface area contributed by atoms with Crippen molar-refractivity contribution in [1.82, 2.24) is 5.43 Å². The Hall–Kier alpha value is -3.42. The number of hydrazone groups is 1. The van der Waals surface area contributed by atoms with Gasteiger partial charge in [-0.05, 0) is 31.2 Å². The summed E-state index contributed by atoms with van der Waals surface area (Å²) in [7, 11) is 1.58. The van der Waals surface area contributed by atoms with Crippen LogP contribution in [0.5, 0.6) is 5.75 Å². The summed E-state index contributed by atoms with van der Waals surface area (Å²) in [6, 6.07) is 12.6. The zero-order valence-electron chi connectivity index (χ0n) is 13.8. The number of rotatable bonds is 7. The number of carbonyl (C=O) groups is 1. The van der Waals surface area contributed by atoms with Gasteiger partial charge in [0.25, 0.3) is 11.6 Å². The molecule has 0 radical (unpaired) electrons. The van der Waals surface area contributed by atoms with Crippen LogP contribution in [0, 0.1) is 10.1 Å². The van der Waals surface area contributed by atoms with E-state index in [0.29, 0.717) is 5.56 Å². The zero-order valence-corrected chi connectivity index (χ0v) is 13.8. The molecular weight excluding hydrogens is 324 g/mol. The maximum Gasteiger partial charge on any atom is 0.270 e. The summed E-state index contributed by atoms with van der Waals surface area (Å²) in [5.74, 6) is 0.390. The van der Waals surface area contributed by atoms with Crippen LogP contribution in [0.4, 0.5) is 11.4 Å². The lowest BCUT2D eigenvalue weighted by atomic mass is 10.2. The Bertz CT molecular complexity index is 774. The average molecular weight is 342 g/mol. The van der Waals surface area contributed by atoms with Crippen molar-refractivity contribution < 1.29 is 14.5 Å². The summed E-state index contributed by atoms with van der Waals surface area (Å²) in [6.45, 7) is 1.70. The van der Waals surface area contributed by atoms with Crippen LogP contribution in [0.3, 0.4) is 0 Å². The minimum atomic E-state index is -0.518. The molecule has 25 heavy (non-hydrogen) atoms. The number of carbonyl (C=O) groups excluding carboxylic acids is 1. The molecular formula is C17H18N4O4. The molecule has 0 bridgehead atoms. The third-order valence-electron chi connectivity index (χ3n) is 3.34. The van der Waals surface area contributed by atoms with Gasteiger partial charge >= 0.3 is 0 Å². The number of nitro groups is 1. The van der Waals surface area contributed by atoms with Crippen LogP contribution in [-0.4, -0.2) is 30.2 Å². The number of non-ortho nitro benzene ring substituents is 1. The van der Waals surface area contributed by atoms with Crippen molar-refractivity contribution in [3.63, 3.8) is 0 Å². The SMILES string of the molecule is COc1ccc(NC(C)C(=O)NN=Cc2cccc([N+](=O)[O-])c2)cc1. The molecule has 0 fully saturated rings. The van der Waals surface area contributed by atoms with Crippen molar-refractivity contribution in [2.45, 2.75) is 13.0 Å². The maximum absolute atomic E-state index is 12.0. The number of nitrogens with one attached hydrogen (secondary N) is 2. The van der Waals surface area contributed by atoms with Gasteiger partial charge in [-0.1, -0.05) is 12.1 Å². The van der Waals surface area contributed by atoms with Crippen LogP contribution < -0.4 is 15.5 Å². The quantitative estimate of drug-likeness (QED) is 0.457. The van der Waals surface area contributed by atoms with Crippen molar-refractivity contribution in [2.75, 3.05) is 12.4 Å². The van der Waals surface area contributed by atoms with Crippen LogP contribution >= 0.6 is 0 Å². The molecule has 2 aromatic rings. The molecule has 0 aliphatic heterocycles. The summed E-state index contributed by atoms with van der Waals surface area (Å²) >= 11 is 0. The van der Waals surface area contributed by atoms with E-state index in [1.54, 1.807) is 50.4 Å². The highest BCUT2D eigenvalue weighted by Gasteiger charge is 2.11. The van der Waals surface area contributed by atoms with Gasteiger partial charge < -0.3 is 10.1 Å². The number of methoxy groups -OCH3 is 1. The topological polar surface area (TPSA) is 106 Å². The molecule has 0 saturated heterocycles. The molecule has 0 heterocycles. The lowest BCUT2D eigenvalue weighted by Crippen LogP contribution is -2.34. The van der Waals surface area contributed by atoms with Gasteiger partial charge in [-0.25, -0.2) is 5.43 Å². The van der Waals surface area contributed by atoms with E-state index in [4.69, 9.17) is 4.74 Å². The van der Waals surface area contributed by atoms with E-state index in [0.717, 1.165) is 11.4 Å². The van der Waals surface area contributed by atoms with Gasteiger partial charge in [-0.15, -0.1) is 0 Å². The molecule has 8 nitrogen and oxygen atoms in total. The lowest BCUT2D eigenvalue weighted by molar-refractivity contribution is -0.384. The fourth-order valence-corrected chi connectivity index (χ4v) is 1.99. The number of ether oxygens (including phenoxy) is 1. The Kier molecular flexibility index (Phi) is 6.05. The van der Waals surface area contributed by atoms with E-state index in [1.807, 2.05) is 0 Å². The second kappa shape index (κ2) is 8.44. The molecule has 2 rings (SSSR count). The Morgan fingerprint density at radius 1 is 1.28 bits per heavy atom. The molecule has 0 aliphatic carbocycles. The summed E-state index contributed by atoms with van der Waals surface area (Å²) < 4.78 is 5.07. The molecule has 0 spiro atoms. The number of amides is 1. The van der Waals surface area contributed by atoms with E-state index < -0.39 is 11.0 Å². The number of anilines is 1. The van der Waals surface area contributed by atoms with Crippen molar-refractivity contribution in [3.8, 4) is 5.75 Å². The van der Waals surface area contributed by atoms with Crippen LogP contribution in [0.1, 0.15) is 12.5 Å². The van der Waals surface area contributed by atoms with Gasteiger partial charge in [-0.3, -0.25) is 14.9 Å². The van der Waals surface area contributed by atoms with Gasteiger partial charge in [0.15, 0.2) is 0 Å². The minimum absolute atomic E-state index is 0.0372. The van der Waals surface area contributed by atoms with Gasteiger partial charge in [0, 0.05) is 23.4 Å². The van der Waals surface area contributed by atoms with E-state index >= 15 is 0 Å². The predicted octanol–water partition coefficient (Wildman–Crippen LogP) is 2.55. The van der Waals surface area contributed by atoms with Crippen LogP contribution in [-0.2, 0) is 4.79 Å². The first-order valence-corrected chi connectivity index (χ1v) is 7.47. The summed E-state index contributed by atoms with van der Waals surface area (Å²) in [5.41, 5.74) is 3.65. The molecule has 8 heteroatoms. The van der Waals surface area contributed by atoms with Crippen LogP contribution in [0.25, 0.3) is 0 Å². The second-order valence-corrected chi connectivity index (χ2v) is 5.18. The van der Waals surface area contributed by atoms with E-state index in [9.17, 15) is 14.9 Å². The Morgan fingerprint density at radius 3 is 2.64 bits per heavy atom. The highest BCUT2D eigenvalue weighted by molar-refractivity contribution is 5.86. The normalized spacial score (nSPS) is 11.8. The Balaban J connectivity index is 1.90. The summed E-state index contributed by atoms with van der Waals surface area (Å²) in [6.07, 6.45) is 1.35. The first-order valence-electron chi connectivity index (χ1n) is 7.47. The molecule has 1 atom stereocenters. The second-order valence-electron chi connectivity index (χ2n) is 5.18. The van der Waals surface area contributed by atoms with E-state index in [2.05, 4.69) is 15.8 Å². The van der Waals surface area contributed by atoms with Crippen LogP contribution in [0.2, 0.25) is 0 Å². The summed E-state index contributed by atoms with van der Waals surface area (Å²) in [4.78, 5) is 22.2. The first-order chi connectivity index (χ1) is 12.0. The van der Waals surface area contributed by atoms with Crippen molar-refractivity contribution >= 4 is 23.5 Å². The first kappa shape index (κ1) is 17.9. The number of nitro benzene ring substituents is 1. The highest BCUT2D eigenvalue weighted by Crippen LogP contribution is 2.15. The largest absolute Gasteiger partial charge is 0.497 e. The summed E-state index contributed by atoms with van der Waals surface area (Å²) in [5, 5.41) is 17.6.